The summed E-state index contributed by atoms with van der Waals surface area (Å²) >= 11 is 0. The number of benzene rings is 1. The molecule has 0 atom stereocenters. The topological polar surface area (TPSA) is 70.4 Å². The van der Waals surface area contributed by atoms with Crippen LogP contribution in [0.3, 0.4) is 0 Å². The molecular weight excluding hydrogens is 225 g/mol. The van der Waals surface area contributed by atoms with E-state index in [0.29, 0.717) is 5.56 Å². The molecular formula is C12H8FNO3. The molecule has 86 valence electrons. The highest BCUT2D eigenvalue weighted by atomic mass is 19.1. The van der Waals surface area contributed by atoms with Crippen LogP contribution in [-0.2, 0) is 0 Å². The molecule has 0 unspecified atom stereocenters. The number of aromatic nitrogens is 1. The molecule has 1 aromatic carbocycles. The lowest BCUT2D eigenvalue weighted by atomic mass is 10.0. The van der Waals surface area contributed by atoms with E-state index in [-0.39, 0.29) is 5.56 Å². The maximum absolute atomic E-state index is 13.0. The largest absolute Gasteiger partial charge is 0.505 e. The standard InChI is InChI=1S/C12H8FNO3/c13-8-3-1-2-7(6-8)9-4-5-14-10(11(9)15)12(16)17/h1-6,15H,(H,16,17). The lowest BCUT2D eigenvalue weighted by Gasteiger charge is -2.06. The number of hydrogen-bond donors (Lipinski definition) is 2. The summed E-state index contributed by atoms with van der Waals surface area (Å²) in [6, 6.07) is 6.95. The van der Waals surface area contributed by atoms with E-state index in [1.54, 1.807) is 6.07 Å². The summed E-state index contributed by atoms with van der Waals surface area (Å²) in [5, 5.41) is 18.5. The fourth-order valence-electron chi connectivity index (χ4n) is 1.50. The van der Waals surface area contributed by atoms with Gasteiger partial charge in [0, 0.05) is 11.8 Å². The van der Waals surface area contributed by atoms with Gasteiger partial charge in [0.25, 0.3) is 0 Å². The van der Waals surface area contributed by atoms with Crippen molar-refractivity contribution >= 4 is 5.97 Å². The maximum Gasteiger partial charge on any atom is 0.358 e. The zero-order chi connectivity index (χ0) is 12.4. The van der Waals surface area contributed by atoms with Gasteiger partial charge in [-0.25, -0.2) is 14.2 Å². The second-order valence-corrected chi connectivity index (χ2v) is 3.37. The third-order valence-corrected chi connectivity index (χ3v) is 2.26. The molecule has 2 aromatic rings. The smallest absolute Gasteiger partial charge is 0.358 e. The summed E-state index contributed by atoms with van der Waals surface area (Å²) in [6.45, 7) is 0. The van der Waals surface area contributed by atoms with Crippen molar-refractivity contribution in [3.8, 4) is 16.9 Å². The predicted octanol–water partition coefficient (Wildman–Crippen LogP) is 2.29. The Morgan fingerprint density at radius 3 is 2.71 bits per heavy atom. The van der Waals surface area contributed by atoms with Crippen LogP contribution in [0.5, 0.6) is 5.75 Å². The number of carboxylic acids is 1. The molecule has 0 bridgehead atoms. The van der Waals surface area contributed by atoms with Crippen LogP contribution in [0.4, 0.5) is 4.39 Å². The fourth-order valence-corrected chi connectivity index (χ4v) is 1.50. The highest BCUT2D eigenvalue weighted by molar-refractivity contribution is 5.91. The summed E-state index contributed by atoms with van der Waals surface area (Å²) in [6.07, 6.45) is 1.25. The minimum absolute atomic E-state index is 0.233. The Hall–Kier alpha value is -2.43. The Balaban J connectivity index is 2.60. The molecule has 0 aliphatic heterocycles. The van der Waals surface area contributed by atoms with Crippen LogP contribution in [-0.4, -0.2) is 21.2 Å². The molecule has 2 rings (SSSR count). The van der Waals surface area contributed by atoms with Gasteiger partial charge in [0.05, 0.1) is 0 Å². The third-order valence-electron chi connectivity index (χ3n) is 2.26. The number of carbonyl (C=O) groups is 1. The van der Waals surface area contributed by atoms with Gasteiger partial charge in [0.2, 0.25) is 0 Å². The first-order chi connectivity index (χ1) is 8.09. The van der Waals surface area contributed by atoms with Gasteiger partial charge in [-0.2, -0.15) is 0 Å². The highest BCUT2D eigenvalue weighted by Gasteiger charge is 2.15. The molecule has 0 amide bonds. The summed E-state index contributed by atoms with van der Waals surface area (Å²) in [7, 11) is 0. The predicted molar refractivity (Wildman–Crippen MR) is 58.3 cm³/mol. The quantitative estimate of drug-likeness (QED) is 0.834. The number of halogens is 1. The first kappa shape index (κ1) is 11.1. The van der Waals surface area contributed by atoms with Crippen LogP contribution in [0.1, 0.15) is 10.5 Å². The number of carboxylic acid groups (broad SMARTS) is 1. The minimum Gasteiger partial charge on any atom is -0.505 e. The van der Waals surface area contributed by atoms with E-state index in [1.165, 1.54) is 30.5 Å². The second-order valence-electron chi connectivity index (χ2n) is 3.37. The van der Waals surface area contributed by atoms with Crippen LogP contribution in [0, 0.1) is 5.82 Å². The van der Waals surface area contributed by atoms with Crippen molar-refractivity contribution in [3.05, 3.63) is 48.0 Å². The summed E-state index contributed by atoms with van der Waals surface area (Å²) in [5.74, 6) is -2.26. The molecule has 0 spiro atoms. The van der Waals surface area contributed by atoms with Gasteiger partial charge < -0.3 is 10.2 Å². The minimum atomic E-state index is -1.33. The maximum atomic E-state index is 13.0. The molecule has 0 aliphatic rings. The highest BCUT2D eigenvalue weighted by Crippen LogP contribution is 2.31. The van der Waals surface area contributed by atoms with E-state index in [4.69, 9.17) is 5.11 Å². The van der Waals surface area contributed by atoms with Crippen molar-refractivity contribution in [1.29, 1.82) is 0 Å². The second kappa shape index (κ2) is 4.21. The number of pyridine rings is 1. The molecule has 0 fully saturated rings. The number of hydrogen-bond acceptors (Lipinski definition) is 3. The Labute approximate surface area is 96.0 Å². The Morgan fingerprint density at radius 2 is 2.06 bits per heavy atom. The number of rotatable bonds is 2. The summed E-state index contributed by atoms with van der Waals surface area (Å²) < 4.78 is 13.0. The van der Waals surface area contributed by atoms with Crippen LogP contribution in [0.15, 0.2) is 36.5 Å². The van der Waals surface area contributed by atoms with E-state index in [2.05, 4.69) is 4.98 Å². The van der Waals surface area contributed by atoms with E-state index in [1.807, 2.05) is 0 Å². The molecule has 2 N–H and O–H groups in total. The Morgan fingerprint density at radius 1 is 1.29 bits per heavy atom. The van der Waals surface area contributed by atoms with E-state index in [9.17, 15) is 14.3 Å². The zero-order valence-electron chi connectivity index (χ0n) is 8.59. The number of aromatic carboxylic acids is 1. The van der Waals surface area contributed by atoms with Crippen LogP contribution < -0.4 is 0 Å². The first-order valence-electron chi connectivity index (χ1n) is 4.77. The average molecular weight is 233 g/mol. The molecule has 1 aromatic heterocycles. The molecule has 0 aliphatic carbocycles. The van der Waals surface area contributed by atoms with Crippen molar-refractivity contribution in [2.45, 2.75) is 0 Å². The lowest BCUT2D eigenvalue weighted by Crippen LogP contribution is -2.01. The van der Waals surface area contributed by atoms with Gasteiger partial charge in [-0.1, -0.05) is 12.1 Å². The van der Waals surface area contributed by atoms with Crippen molar-refractivity contribution in [2.75, 3.05) is 0 Å². The zero-order valence-corrected chi connectivity index (χ0v) is 8.59. The Bertz CT molecular complexity index is 584. The van der Waals surface area contributed by atoms with Crippen LogP contribution in [0.2, 0.25) is 0 Å². The van der Waals surface area contributed by atoms with Crippen LogP contribution >= 0.6 is 0 Å². The van der Waals surface area contributed by atoms with Gasteiger partial charge in [-0.05, 0) is 23.8 Å². The average Bonchev–Trinajstić information content (AvgIpc) is 2.29. The summed E-state index contributed by atoms with van der Waals surface area (Å²) in [4.78, 5) is 14.3. The van der Waals surface area contributed by atoms with Crippen molar-refractivity contribution < 1.29 is 19.4 Å². The van der Waals surface area contributed by atoms with Gasteiger partial charge in [0.1, 0.15) is 5.82 Å². The monoisotopic (exact) mass is 233 g/mol. The number of aromatic hydroxyl groups is 1. The van der Waals surface area contributed by atoms with E-state index in [0.717, 1.165) is 0 Å². The summed E-state index contributed by atoms with van der Waals surface area (Å²) in [5.41, 5.74) is 0.177. The van der Waals surface area contributed by atoms with Gasteiger partial charge >= 0.3 is 5.97 Å². The van der Waals surface area contributed by atoms with Crippen LogP contribution in [0.25, 0.3) is 11.1 Å². The van der Waals surface area contributed by atoms with Gasteiger partial charge in [-0.3, -0.25) is 0 Å². The molecule has 0 saturated heterocycles. The van der Waals surface area contributed by atoms with Crippen molar-refractivity contribution in [1.82, 2.24) is 4.98 Å². The normalized spacial score (nSPS) is 10.2. The van der Waals surface area contributed by atoms with E-state index >= 15 is 0 Å². The van der Waals surface area contributed by atoms with E-state index < -0.39 is 23.2 Å². The first-order valence-corrected chi connectivity index (χ1v) is 4.77. The third kappa shape index (κ3) is 2.08. The lowest BCUT2D eigenvalue weighted by molar-refractivity contribution is 0.0687. The van der Waals surface area contributed by atoms with Crippen molar-refractivity contribution in [3.63, 3.8) is 0 Å². The SMILES string of the molecule is O=C(O)c1nccc(-c2cccc(F)c2)c1O. The van der Waals surface area contributed by atoms with Crippen molar-refractivity contribution in [2.24, 2.45) is 0 Å². The molecule has 4 nitrogen and oxygen atoms in total. The number of nitrogens with zero attached hydrogens (tertiary/aromatic N) is 1. The molecule has 1 heterocycles. The Kier molecular flexibility index (Phi) is 2.74. The molecule has 0 radical (unpaired) electrons. The van der Waals surface area contributed by atoms with Gasteiger partial charge in [0.15, 0.2) is 11.4 Å². The van der Waals surface area contributed by atoms with Gasteiger partial charge in [-0.15, -0.1) is 0 Å². The fraction of sp³-hybridized carbons (Fsp3) is 0. The molecule has 0 saturated carbocycles. The molecule has 5 heteroatoms. The molecule has 17 heavy (non-hydrogen) atoms.